The van der Waals surface area contributed by atoms with Crippen LogP contribution in [0.3, 0.4) is 0 Å². The van der Waals surface area contributed by atoms with Gasteiger partial charge in [-0.25, -0.2) is 0 Å². The van der Waals surface area contributed by atoms with Crippen LogP contribution in [-0.2, 0) is 11.3 Å². The minimum absolute atomic E-state index is 0.530. The van der Waals surface area contributed by atoms with Crippen LogP contribution in [0.2, 0.25) is 0 Å². The maximum Gasteiger partial charge on any atom is 0.119 e. The van der Waals surface area contributed by atoms with Crippen LogP contribution in [-0.4, -0.2) is 15.4 Å². The lowest BCUT2D eigenvalue weighted by atomic mass is 10.3. The quantitative estimate of drug-likeness (QED) is 0.758. The van der Waals surface area contributed by atoms with Crippen molar-refractivity contribution in [2.45, 2.75) is 13.3 Å². The highest BCUT2D eigenvalue weighted by molar-refractivity contribution is 7.80. The summed E-state index contributed by atoms with van der Waals surface area (Å²) < 4.78 is 28.1. The second-order valence-electron chi connectivity index (χ2n) is 2.71. The Bertz CT molecular complexity index is 299. The average molecular weight is 214 g/mol. The third kappa shape index (κ3) is 3.76. The summed E-state index contributed by atoms with van der Waals surface area (Å²) in [4.78, 5) is 0. The van der Waals surface area contributed by atoms with Crippen molar-refractivity contribution >= 4 is 17.0 Å². The van der Waals surface area contributed by atoms with Gasteiger partial charge in [-0.05, 0) is 30.7 Å². The summed E-state index contributed by atoms with van der Waals surface area (Å²) in [7, 11) is 0. The van der Waals surface area contributed by atoms with E-state index < -0.39 is 11.3 Å². The Labute approximate surface area is 85.7 Å². The third-order valence-electron chi connectivity index (χ3n) is 1.53. The monoisotopic (exact) mass is 214 g/mol. The molecule has 1 aromatic carbocycles. The van der Waals surface area contributed by atoms with Crippen molar-refractivity contribution in [3.63, 3.8) is 0 Å². The predicted molar refractivity (Wildman–Crippen MR) is 54.8 cm³/mol. The largest absolute Gasteiger partial charge is 0.755 e. The van der Waals surface area contributed by atoms with Crippen LogP contribution < -0.4 is 9.46 Å². The van der Waals surface area contributed by atoms with Crippen molar-refractivity contribution in [3.05, 3.63) is 24.3 Å². The van der Waals surface area contributed by atoms with E-state index in [2.05, 4.69) is 4.72 Å². The minimum atomic E-state index is -2.27. The molecule has 5 heteroatoms. The standard InChI is InChI=1S/C9H13NO3S/c1-2-7-13-9-5-3-8(4-6-9)10-14(11)12/h3-6,10H,2,7H2,1H3,(H,11,12)/p-1. The number of hydrogen-bond donors (Lipinski definition) is 1. The van der Waals surface area contributed by atoms with E-state index in [1.165, 1.54) is 0 Å². The Hall–Kier alpha value is -1.07. The molecule has 78 valence electrons. The molecule has 0 saturated carbocycles. The molecule has 0 bridgehead atoms. The van der Waals surface area contributed by atoms with Crippen LogP contribution in [0.4, 0.5) is 5.69 Å². The molecule has 0 aliphatic heterocycles. The van der Waals surface area contributed by atoms with Gasteiger partial charge in [-0.2, -0.15) is 0 Å². The third-order valence-corrected chi connectivity index (χ3v) is 1.93. The normalized spacial score (nSPS) is 12.1. The van der Waals surface area contributed by atoms with E-state index >= 15 is 0 Å². The number of rotatable bonds is 5. The summed E-state index contributed by atoms with van der Waals surface area (Å²) in [5.41, 5.74) is 0.530. The highest BCUT2D eigenvalue weighted by Gasteiger charge is 1.93. The number of anilines is 1. The Kier molecular flexibility index (Phi) is 4.42. The molecule has 0 aliphatic rings. The molecule has 0 spiro atoms. The lowest BCUT2D eigenvalue weighted by molar-refractivity contribution is 0.317. The fourth-order valence-corrected chi connectivity index (χ4v) is 1.26. The minimum Gasteiger partial charge on any atom is -0.755 e. The van der Waals surface area contributed by atoms with Crippen LogP contribution in [0.25, 0.3) is 0 Å². The smallest absolute Gasteiger partial charge is 0.119 e. The summed E-state index contributed by atoms with van der Waals surface area (Å²) in [6.45, 7) is 2.69. The molecule has 0 amide bonds. The molecule has 0 fully saturated rings. The fraction of sp³-hybridized carbons (Fsp3) is 0.333. The second kappa shape index (κ2) is 5.62. The molecule has 14 heavy (non-hydrogen) atoms. The first-order valence-corrected chi connectivity index (χ1v) is 5.38. The van der Waals surface area contributed by atoms with Gasteiger partial charge in [-0.1, -0.05) is 6.92 Å². The summed E-state index contributed by atoms with van der Waals surface area (Å²) in [6, 6.07) is 6.76. The predicted octanol–water partition coefficient (Wildman–Crippen LogP) is 1.68. The van der Waals surface area contributed by atoms with E-state index in [0.29, 0.717) is 12.3 Å². The average Bonchev–Trinajstić information content (AvgIpc) is 2.16. The highest BCUT2D eigenvalue weighted by atomic mass is 32.2. The van der Waals surface area contributed by atoms with Crippen molar-refractivity contribution in [3.8, 4) is 5.75 Å². The first-order chi connectivity index (χ1) is 6.72. The van der Waals surface area contributed by atoms with E-state index in [0.717, 1.165) is 12.2 Å². The van der Waals surface area contributed by atoms with Crippen molar-refractivity contribution in [2.24, 2.45) is 0 Å². The molecule has 0 aromatic heterocycles. The van der Waals surface area contributed by atoms with E-state index in [-0.39, 0.29) is 0 Å². The van der Waals surface area contributed by atoms with Crippen LogP contribution in [0.1, 0.15) is 13.3 Å². The maximum atomic E-state index is 10.3. The van der Waals surface area contributed by atoms with E-state index in [4.69, 9.17) is 4.74 Å². The first kappa shape index (κ1) is 11.0. The molecular weight excluding hydrogens is 202 g/mol. The topological polar surface area (TPSA) is 61.4 Å². The zero-order chi connectivity index (χ0) is 10.4. The van der Waals surface area contributed by atoms with Gasteiger partial charge in [0, 0.05) is 17.0 Å². The maximum absolute atomic E-state index is 10.3. The lowest BCUT2D eigenvalue weighted by Gasteiger charge is -2.09. The Morgan fingerprint density at radius 1 is 1.43 bits per heavy atom. The van der Waals surface area contributed by atoms with E-state index in [1.807, 2.05) is 6.92 Å². The summed E-state index contributed by atoms with van der Waals surface area (Å²) >= 11 is -2.27. The van der Waals surface area contributed by atoms with Crippen LogP contribution >= 0.6 is 0 Å². The molecule has 0 heterocycles. The molecule has 0 aliphatic carbocycles. The molecule has 1 unspecified atom stereocenters. The molecular formula is C9H12NO3S-. The van der Waals surface area contributed by atoms with Gasteiger partial charge in [0.1, 0.15) is 5.75 Å². The number of hydrogen-bond acceptors (Lipinski definition) is 3. The van der Waals surface area contributed by atoms with Crippen LogP contribution in [0.5, 0.6) is 5.75 Å². The van der Waals surface area contributed by atoms with Crippen LogP contribution in [0.15, 0.2) is 24.3 Å². The van der Waals surface area contributed by atoms with Gasteiger partial charge in [-0.3, -0.25) is 4.21 Å². The zero-order valence-electron chi connectivity index (χ0n) is 7.86. The first-order valence-electron chi connectivity index (χ1n) is 4.31. The van der Waals surface area contributed by atoms with Gasteiger partial charge >= 0.3 is 0 Å². The van der Waals surface area contributed by atoms with Crippen molar-refractivity contribution in [2.75, 3.05) is 11.3 Å². The molecule has 1 rings (SSSR count). The zero-order valence-corrected chi connectivity index (χ0v) is 8.67. The molecule has 4 nitrogen and oxygen atoms in total. The summed E-state index contributed by atoms with van der Waals surface area (Å²) in [6.07, 6.45) is 0.949. The van der Waals surface area contributed by atoms with Crippen molar-refractivity contribution < 1.29 is 13.5 Å². The van der Waals surface area contributed by atoms with Gasteiger partial charge < -0.3 is 14.0 Å². The molecule has 0 radical (unpaired) electrons. The van der Waals surface area contributed by atoms with Crippen molar-refractivity contribution in [1.29, 1.82) is 0 Å². The van der Waals surface area contributed by atoms with Gasteiger partial charge in [0.2, 0.25) is 0 Å². The number of nitrogens with one attached hydrogen (secondary N) is 1. The van der Waals surface area contributed by atoms with E-state index in [9.17, 15) is 8.76 Å². The summed E-state index contributed by atoms with van der Waals surface area (Å²) in [5.74, 6) is 0.745. The van der Waals surface area contributed by atoms with Gasteiger partial charge in [0.05, 0.1) is 6.61 Å². The van der Waals surface area contributed by atoms with Crippen LogP contribution in [0, 0.1) is 0 Å². The number of benzene rings is 1. The van der Waals surface area contributed by atoms with E-state index in [1.54, 1.807) is 24.3 Å². The molecule has 1 N–H and O–H groups in total. The number of ether oxygens (including phenoxy) is 1. The fourth-order valence-electron chi connectivity index (χ4n) is 0.935. The molecule has 1 atom stereocenters. The SMILES string of the molecule is CCCOc1ccc(NS(=O)[O-])cc1. The van der Waals surface area contributed by atoms with Gasteiger partial charge in [-0.15, -0.1) is 0 Å². The van der Waals surface area contributed by atoms with Gasteiger partial charge in [0.25, 0.3) is 0 Å². The summed E-state index contributed by atoms with van der Waals surface area (Å²) in [5, 5.41) is 0. The Balaban J connectivity index is 2.54. The van der Waals surface area contributed by atoms with Gasteiger partial charge in [0.15, 0.2) is 0 Å². The van der Waals surface area contributed by atoms with Crippen molar-refractivity contribution in [1.82, 2.24) is 0 Å². The lowest BCUT2D eigenvalue weighted by Crippen LogP contribution is -2.02. The molecule has 1 aromatic rings. The second-order valence-corrected chi connectivity index (χ2v) is 3.38. The highest BCUT2D eigenvalue weighted by Crippen LogP contribution is 2.15. The molecule has 0 saturated heterocycles. The Morgan fingerprint density at radius 2 is 2.07 bits per heavy atom. The Morgan fingerprint density at radius 3 is 2.57 bits per heavy atom.